The first-order chi connectivity index (χ1) is 14.7. The molecule has 0 atom stereocenters. The number of carbonyl (C=O) groups excluding carboxylic acids is 1. The van der Waals surface area contributed by atoms with Crippen LogP contribution in [0.2, 0.25) is 0 Å². The smallest absolute Gasteiger partial charge is 0.255 e. The molecular formula is C24H32N2O4S. The fraction of sp³-hybridized carbons (Fsp3) is 0.458. The number of anilines is 1. The highest BCUT2D eigenvalue weighted by Crippen LogP contribution is 2.30. The molecule has 2 aromatic rings. The highest BCUT2D eigenvalue weighted by atomic mass is 32.2. The fourth-order valence-electron chi connectivity index (χ4n) is 4.06. The van der Waals surface area contributed by atoms with Crippen molar-refractivity contribution in [2.24, 2.45) is 0 Å². The predicted molar refractivity (Wildman–Crippen MR) is 123 cm³/mol. The van der Waals surface area contributed by atoms with E-state index in [0.29, 0.717) is 0 Å². The Kier molecular flexibility index (Phi) is 7.38. The van der Waals surface area contributed by atoms with Crippen LogP contribution in [0, 0.1) is 6.92 Å². The average molecular weight is 445 g/mol. The predicted octanol–water partition coefficient (Wildman–Crippen LogP) is 4.99. The molecular weight excluding hydrogens is 412 g/mol. The van der Waals surface area contributed by atoms with Gasteiger partial charge in [0.1, 0.15) is 10.6 Å². The van der Waals surface area contributed by atoms with E-state index >= 15 is 0 Å². The number of para-hydroxylation sites is 1. The van der Waals surface area contributed by atoms with E-state index < -0.39 is 10.0 Å². The summed E-state index contributed by atoms with van der Waals surface area (Å²) in [6.45, 7) is 6.08. The Hall–Kier alpha value is -2.38. The maximum atomic E-state index is 13.1. The Labute approximate surface area is 185 Å². The van der Waals surface area contributed by atoms with Crippen LogP contribution in [0.5, 0.6) is 5.75 Å². The normalized spacial score (nSPS) is 15.1. The van der Waals surface area contributed by atoms with Gasteiger partial charge in [0, 0.05) is 17.3 Å². The Morgan fingerprint density at radius 3 is 2.45 bits per heavy atom. The zero-order valence-electron chi connectivity index (χ0n) is 18.7. The molecule has 0 aromatic heterocycles. The van der Waals surface area contributed by atoms with E-state index in [1.165, 1.54) is 19.2 Å². The molecule has 7 heteroatoms. The molecule has 168 valence electrons. The van der Waals surface area contributed by atoms with Crippen molar-refractivity contribution in [3.63, 3.8) is 0 Å². The molecule has 31 heavy (non-hydrogen) atoms. The molecule has 2 aromatic carbocycles. The summed E-state index contributed by atoms with van der Waals surface area (Å²) in [6.07, 6.45) is 4.82. The molecule has 0 heterocycles. The van der Waals surface area contributed by atoms with Crippen molar-refractivity contribution in [3.8, 4) is 5.75 Å². The number of amides is 1. The van der Waals surface area contributed by atoms with Crippen molar-refractivity contribution < 1.29 is 17.9 Å². The number of aryl methyl sites for hydroxylation is 1. The first-order valence-electron chi connectivity index (χ1n) is 10.8. The lowest BCUT2D eigenvalue weighted by molar-refractivity contribution is 0.102. The average Bonchev–Trinajstić information content (AvgIpc) is 2.74. The fourth-order valence-corrected chi connectivity index (χ4v) is 5.56. The molecule has 0 aliphatic heterocycles. The largest absolute Gasteiger partial charge is 0.495 e. The van der Waals surface area contributed by atoms with Gasteiger partial charge >= 0.3 is 0 Å². The molecule has 0 unspecified atom stereocenters. The van der Waals surface area contributed by atoms with Gasteiger partial charge in [0.25, 0.3) is 5.91 Å². The Balaban J connectivity index is 1.91. The summed E-state index contributed by atoms with van der Waals surface area (Å²) >= 11 is 0. The molecule has 0 saturated heterocycles. The number of sulfonamides is 1. The van der Waals surface area contributed by atoms with E-state index in [1.54, 1.807) is 6.07 Å². The minimum atomic E-state index is -3.82. The van der Waals surface area contributed by atoms with Crippen LogP contribution < -0.4 is 14.8 Å². The van der Waals surface area contributed by atoms with Gasteiger partial charge in [-0.3, -0.25) is 4.79 Å². The summed E-state index contributed by atoms with van der Waals surface area (Å²) in [5, 5.41) is 2.98. The van der Waals surface area contributed by atoms with Gasteiger partial charge in [-0.1, -0.05) is 51.3 Å². The van der Waals surface area contributed by atoms with E-state index in [0.717, 1.165) is 48.9 Å². The monoisotopic (exact) mass is 444 g/mol. The van der Waals surface area contributed by atoms with Crippen LogP contribution in [0.1, 0.15) is 73.4 Å². The molecule has 1 aliphatic rings. The topological polar surface area (TPSA) is 84.5 Å². The molecule has 1 amide bonds. The van der Waals surface area contributed by atoms with Gasteiger partial charge in [-0.15, -0.1) is 0 Å². The number of hydrogen-bond acceptors (Lipinski definition) is 4. The molecule has 1 aliphatic carbocycles. The van der Waals surface area contributed by atoms with Crippen molar-refractivity contribution in [2.75, 3.05) is 12.4 Å². The second kappa shape index (κ2) is 9.83. The number of rotatable bonds is 7. The van der Waals surface area contributed by atoms with Crippen LogP contribution in [-0.4, -0.2) is 27.5 Å². The van der Waals surface area contributed by atoms with Gasteiger partial charge in [0.15, 0.2) is 0 Å². The maximum Gasteiger partial charge on any atom is 0.255 e. The van der Waals surface area contributed by atoms with E-state index in [4.69, 9.17) is 4.74 Å². The van der Waals surface area contributed by atoms with Crippen molar-refractivity contribution in [1.82, 2.24) is 4.72 Å². The van der Waals surface area contributed by atoms with Crippen LogP contribution in [0.4, 0.5) is 5.69 Å². The van der Waals surface area contributed by atoms with E-state index in [1.807, 2.05) is 25.1 Å². The highest BCUT2D eigenvalue weighted by molar-refractivity contribution is 7.89. The summed E-state index contributed by atoms with van der Waals surface area (Å²) in [5.41, 5.74) is 3.03. The van der Waals surface area contributed by atoms with Crippen LogP contribution in [0.15, 0.2) is 41.3 Å². The van der Waals surface area contributed by atoms with E-state index in [9.17, 15) is 13.2 Å². The van der Waals surface area contributed by atoms with E-state index in [-0.39, 0.29) is 34.1 Å². The third-order valence-corrected chi connectivity index (χ3v) is 7.35. The van der Waals surface area contributed by atoms with Crippen molar-refractivity contribution in [2.45, 2.75) is 69.7 Å². The zero-order valence-corrected chi connectivity index (χ0v) is 19.5. The summed E-state index contributed by atoms with van der Waals surface area (Å²) in [6, 6.07) is 10.3. The standard InChI is InChI=1S/C24H32N2O4S/c1-16(2)20-12-8-9-17(3)23(20)25-24(27)18-13-14-21(30-4)22(15-18)31(28,29)26-19-10-6-5-7-11-19/h8-9,12-16,19,26H,5-7,10-11H2,1-4H3,(H,25,27). The number of benzene rings is 2. The summed E-state index contributed by atoms with van der Waals surface area (Å²) in [5.74, 6) is 0.105. The molecule has 0 radical (unpaired) electrons. The van der Waals surface area contributed by atoms with Crippen molar-refractivity contribution in [1.29, 1.82) is 0 Å². The third-order valence-electron chi connectivity index (χ3n) is 5.81. The lowest BCUT2D eigenvalue weighted by Gasteiger charge is -2.23. The molecule has 6 nitrogen and oxygen atoms in total. The zero-order chi connectivity index (χ0) is 22.6. The summed E-state index contributed by atoms with van der Waals surface area (Å²) in [4.78, 5) is 13.0. The van der Waals surface area contributed by atoms with Gasteiger partial charge in [-0.05, 0) is 55.0 Å². The van der Waals surface area contributed by atoms with E-state index in [2.05, 4.69) is 23.9 Å². The van der Waals surface area contributed by atoms with Gasteiger partial charge in [-0.2, -0.15) is 0 Å². The molecule has 3 rings (SSSR count). The minimum Gasteiger partial charge on any atom is -0.495 e. The van der Waals surface area contributed by atoms with Crippen LogP contribution in [0.25, 0.3) is 0 Å². The van der Waals surface area contributed by atoms with Gasteiger partial charge in [-0.25, -0.2) is 13.1 Å². The first kappa shape index (κ1) is 23.3. The number of carbonyl (C=O) groups is 1. The maximum absolute atomic E-state index is 13.1. The summed E-state index contributed by atoms with van der Waals surface area (Å²) in [7, 11) is -2.39. The number of hydrogen-bond donors (Lipinski definition) is 2. The molecule has 1 fully saturated rings. The second-order valence-electron chi connectivity index (χ2n) is 8.47. The lowest BCUT2D eigenvalue weighted by Crippen LogP contribution is -2.36. The second-order valence-corrected chi connectivity index (χ2v) is 10.2. The van der Waals surface area contributed by atoms with Crippen LogP contribution >= 0.6 is 0 Å². The van der Waals surface area contributed by atoms with Crippen LogP contribution in [-0.2, 0) is 10.0 Å². The SMILES string of the molecule is COc1ccc(C(=O)Nc2c(C)cccc2C(C)C)cc1S(=O)(=O)NC1CCCCC1. The Bertz CT molecular complexity index is 1040. The molecule has 0 bridgehead atoms. The number of methoxy groups -OCH3 is 1. The highest BCUT2D eigenvalue weighted by Gasteiger charge is 2.26. The third kappa shape index (κ3) is 5.46. The molecule has 0 spiro atoms. The Morgan fingerprint density at radius 1 is 1.10 bits per heavy atom. The minimum absolute atomic E-state index is 0.0120. The number of nitrogens with one attached hydrogen (secondary N) is 2. The van der Waals surface area contributed by atoms with Crippen LogP contribution in [0.3, 0.4) is 0 Å². The molecule has 1 saturated carbocycles. The molecule has 2 N–H and O–H groups in total. The van der Waals surface area contributed by atoms with Crippen molar-refractivity contribution >= 4 is 21.6 Å². The Morgan fingerprint density at radius 2 is 1.81 bits per heavy atom. The van der Waals surface area contributed by atoms with Gasteiger partial charge < -0.3 is 10.1 Å². The summed E-state index contributed by atoms with van der Waals surface area (Å²) < 4.78 is 34.3. The number of ether oxygens (including phenoxy) is 1. The quantitative estimate of drug-likeness (QED) is 0.630. The first-order valence-corrected chi connectivity index (χ1v) is 12.3. The lowest BCUT2D eigenvalue weighted by atomic mass is 9.96. The van der Waals surface area contributed by atoms with Gasteiger partial charge in [0.05, 0.1) is 7.11 Å². The van der Waals surface area contributed by atoms with Crippen molar-refractivity contribution in [3.05, 3.63) is 53.1 Å². The van der Waals surface area contributed by atoms with Gasteiger partial charge in [0.2, 0.25) is 10.0 Å².